The van der Waals surface area contributed by atoms with E-state index in [1.165, 1.54) is 12.1 Å². The number of terminal acetylenes is 1. The fraction of sp³-hybridized carbons (Fsp3) is 0.250. The monoisotopic (exact) mass is 241 g/mol. The first-order chi connectivity index (χ1) is 7.95. The van der Waals surface area contributed by atoms with Crippen molar-refractivity contribution in [2.24, 2.45) is 5.16 Å². The van der Waals surface area contributed by atoms with Crippen LogP contribution in [0.4, 0.5) is 13.2 Å². The molecule has 0 N–H and O–H groups in total. The van der Waals surface area contributed by atoms with Crippen LogP contribution >= 0.6 is 0 Å². The van der Waals surface area contributed by atoms with Crippen molar-refractivity contribution in [2.75, 3.05) is 6.61 Å². The quantitative estimate of drug-likeness (QED) is 0.345. The van der Waals surface area contributed by atoms with Gasteiger partial charge in [0, 0.05) is 0 Å². The molecule has 17 heavy (non-hydrogen) atoms. The Morgan fingerprint density at radius 1 is 1.47 bits per heavy atom. The molecule has 1 rings (SSSR count). The Bertz CT molecular complexity index is 458. The molecule has 0 bridgehead atoms. The van der Waals surface area contributed by atoms with Crippen molar-refractivity contribution in [1.29, 1.82) is 0 Å². The maximum atomic E-state index is 12.4. The summed E-state index contributed by atoms with van der Waals surface area (Å²) in [7, 11) is 0. The van der Waals surface area contributed by atoms with Crippen molar-refractivity contribution in [1.82, 2.24) is 0 Å². The van der Waals surface area contributed by atoms with Crippen molar-refractivity contribution in [2.45, 2.75) is 13.1 Å². The summed E-state index contributed by atoms with van der Waals surface area (Å²) in [6.45, 7) is 1.53. The molecule has 0 spiro atoms. The number of benzene rings is 1. The Labute approximate surface area is 97.1 Å². The van der Waals surface area contributed by atoms with Crippen molar-refractivity contribution in [3.8, 4) is 12.3 Å². The summed E-state index contributed by atoms with van der Waals surface area (Å²) in [6.07, 6.45) is 0.576. The van der Waals surface area contributed by atoms with Gasteiger partial charge in [-0.3, -0.25) is 0 Å². The Hall–Kier alpha value is -1.96. The van der Waals surface area contributed by atoms with E-state index in [-0.39, 0.29) is 6.61 Å². The highest BCUT2D eigenvalue weighted by Crippen LogP contribution is 2.29. The topological polar surface area (TPSA) is 21.6 Å². The van der Waals surface area contributed by atoms with Crippen LogP contribution in [0.25, 0.3) is 0 Å². The number of nitrogens with zero attached hydrogens (tertiary/aromatic N) is 1. The third-order valence-corrected chi connectivity index (χ3v) is 1.96. The molecular weight excluding hydrogens is 231 g/mol. The van der Waals surface area contributed by atoms with Crippen molar-refractivity contribution in [3.05, 3.63) is 35.4 Å². The molecule has 0 aliphatic heterocycles. The first-order valence-corrected chi connectivity index (χ1v) is 4.73. The van der Waals surface area contributed by atoms with Crippen LogP contribution in [-0.2, 0) is 11.0 Å². The molecule has 1 aromatic carbocycles. The average molecular weight is 241 g/mol. The van der Waals surface area contributed by atoms with E-state index in [0.717, 1.165) is 12.1 Å². The van der Waals surface area contributed by atoms with Gasteiger partial charge >= 0.3 is 6.18 Å². The predicted molar refractivity (Wildman–Crippen MR) is 58.4 cm³/mol. The minimum Gasteiger partial charge on any atom is -0.382 e. The van der Waals surface area contributed by atoms with Gasteiger partial charge in [-0.1, -0.05) is 23.2 Å². The minimum absolute atomic E-state index is 0.0176. The number of halogens is 3. The smallest absolute Gasteiger partial charge is 0.382 e. The summed E-state index contributed by atoms with van der Waals surface area (Å²) in [5, 5.41) is 3.61. The number of alkyl halides is 3. The summed E-state index contributed by atoms with van der Waals surface area (Å²) < 4.78 is 37.3. The van der Waals surface area contributed by atoms with Crippen LogP contribution in [-0.4, -0.2) is 12.3 Å². The van der Waals surface area contributed by atoms with Gasteiger partial charge in [0.05, 0.1) is 11.3 Å². The van der Waals surface area contributed by atoms with Crippen LogP contribution in [0.5, 0.6) is 0 Å². The summed E-state index contributed by atoms with van der Waals surface area (Å²) in [6, 6.07) is 4.85. The van der Waals surface area contributed by atoms with E-state index in [0.29, 0.717) is 11.3 Å². The predicted octanol–water partition coefficient (Wildman–Crippen LogP) is 3.08. The Morgan fingerprint density at radius 3 is 2.76 bits per heavy atom. The molecule has 0 aliphatic carbocycles. The molecule has 0 radical (unpaired) electrons. The minimum atomic E-state index is -4.37. The zero-order chi connectivity index (χ0) is 12.9. The molecule has 5 heteroatoms. The highest BCUT2D eigenvalue weighted by molar-refractivity contribution is 5.98. The fourth-order valence-corrected chi connectivity index (χ4v) is 1.14. The molecule has 90 valence electrons. The van der Waals surface area contributed by atoms with Crippen LogP contribution in [0, 0.1) is 12.3 Å². The number of rotatable bonds is 3. The zero-order valence-corrected chi connectivity index (χ0v) is 9.08. The number of oxime groups is 1. The molecule has 0 amide bonds. The first kappa shape index (κ1) is 13.1. The third-order valence-electron chi connectivity index (χ3n) is 1.96. The van der Waals surface area contributed by atoms with Gasteiger partial charge in [-0.25, -0.2) is 0 Å². The Kier molecular flexibility index (Phi) is 4.16. The largest absolute Gasteiger partial charge is 0.416 e. The van der Waals surface area contributed by atoms with Gasteiger partial charge in [0.1, 0.15) is 0 Å². The fourth-order valence-electron chi connectivity index (χ4n) is 1.14. The van der Waals surface area contributed by atoms with E-state index in [1.807, 2.05) is 0 Å². The Morgan fingerprint density at radius 2 is 2.18 bits per heavy atom. The highest BCUT2D eigenvalue weighted by atomic mass is 19.4. The summed E-state index contributed by atoms with van der Waals surface area (Å²) in [4.78, 5) is 4.70. The van der Waals surface area contributed by atoms with Crippen LogP contribution in [0.3, 0.4) is 0 Å². The van der Waals surface area contributed by atoms with Crippen LogP contribution in [0.15, 0.2) is 29.4 Å². The molecule has 0 aliphatic rings. The molecule has 0 fully saturated rings. The molecular formula is C12H10F3NO. The van der Waals surface area contributed by atoms with Gasteiger partial charge in [0.25, 0.3) is 0 Å². The third kappa shape index (κ3) is 3.83. The summed E-state index contributed by atoms with van der Waals surface area (Å²) in [5.41, 5.74) is -0.0373. The van der Waals surface area contributed by atoms with E-state index in [9.17, 15) is 13.2 Å². The van der Waals surface area contributed by atoms with Crippen molar-refractivity contribution in [3.63, 3.8) is 0 Å². The Balaban J connectivity index is 2.93. The SMILES string of the molecule is C#CCO/N=C(\C)c1cccc(C(F)(F)F)c1. The van der Waals surface area contributed by atoms with E-state index in [1.54, 1.807) is 6.92 Å². The molecule has 0 aromatic heterocycles. The second-order valence-corrected chi connectivity index (χ2v) is 3.23. The van der Waals surface area contributed by atoms with Crippen LogP contribution in [0.2, 0.25) is 0 Å². The van der Waals surface area contributed by atoms with Crippen molar-refractivity contribution >= 4 is 5.71 Å². The number of hydrogen-bond donors (Lipinski definition) is 0. The second kappa shape index (κ2) is 5.39. The molecule has 0 heterocycles. The maximum Gasteiger partial charge on any atom is 0.416 e. The lowest BCUT2D eigenvalue weighted by atomic mass is 10.1. The molecule has 2 nitrogen and oxygen atoms in total. The van der Waals surface area contributed by atoms with E-state index in [4.69, 9.17) is 11.3 Å². The van der Waals surface area contributed by atoms with Gasteiger partial charge in [-0.15, -0.1) is 6.42 Å². The van der Waals surface area contributed by atoms with Gasteiger partial charge < -0.3 is 4.84 Å². The van der Waals surface area contributed by atoms with E-state index >= 15 is 0 Å². The molecule has 0 unspecified atom stereocenters. The van der Waals surface area contributed by atoms with E-state index < -0.39 is 11.7 Å². The molecule has 1 aromatic rings. The highest BCUT2D eigenvalue weighted by Gasteiger charge is 2.30. The zero-order valence-electron chi connectivity index (χ0n) is 9.08. The van der Waals surface area contributed by atoms with Crippen LogP contribution < -0.4 is 0 Å². The molecule has 0 saturated carbocycles. The second-order valence-electron chi connectivity index (χ2n) is 3.23. The van der Waals surface area contributed by atoms with E-state index in [2.05, 4.69) is 11.1 Å². The lowest BCUT2D eigenvalue weighted by Crippen LogP contribution is -2.06. The molecule has 0 saturated heterocycles. The van der Waals surface area contributed by atoms with Gasteiger partial charge in [0.2, 0.25) is 0 Å². The van der Waals surface area contributed by atoms with Crippen LogP contribution in [0.1, 0.15) is 18.1 Å². The lowest BCUT2D eigenvalue weighted by Gasteiger charge is -2.08. The normalized spacial score (nSPS) is 12.1. The van der Waals surface area contributed by atoms with Gasteiger partial charge in [-0.05, 0) is 24.6 Å². The average Bonchev–Trinajstić information content (AvgIpc) is 2.28. The summed E-state index contributed by atoms with van der Waals surface area (Å²) >= 11 is 0. The van der Waals surface area contributed by atoms with Gasteiger partial charge in [0.15, 0.2) is 6.61 Å². The lowest BCUT2D eigenvalue weighted by molar-refractivity contribution is -0.137. The maximum absolute atomic E-state index is 12.4. The summed E-state index contributed by atoms with van der Waals surface area (Å²) in [5.74, 6) is 2.20. The first-order valence-electron chi connectivity index (χ1n) is 4.73. The number of hydrogen-bond acceptors (Lipinski definition) is 2. The van der Waals surface area contributed by atoms with Crippen molar-refractivity contribution < 1.29 is 18.0 Å². The van der Waals surface area contributed by atoms with Gasteiger partial charge in [-0.2, -0.15) is 13.2 Å². The standard InChI is InChI=1S/C12H10F3NO/c1-3-7-17-16-9(2)10-5-4-6-11(8-10)12(13,14)15/h1,4-6,8H,7H2,2H3/b16-9+. The molecule has 0 atom stereocenters.